The number of carbonyl (C=O) groups excluding carboxylic acids is 1. The molecule has 2 aromatic heterocycles. The van der Waals surface area contributed by atoms with Gasteiger partial charge in [-0.3, -0.25) is 14.2 Å². The number of aromatic nitrogens is 4. The maximum Gasteiger partial charge on any atom is 0.264 e. The molecule has 0 aliphatic carbocycles. The van der Waals surface area contributed by atoms with Crippen LogP contribution in [0.1, 0.15) is 16.7 Å². The molecule has 0 unspecified atom stereocenters. The highest BCUT2D eigenvalue weighted by molar-refractivity contribution is 5.91. The van der Waals surface area contributed by atoms with E-state index < -0.39 is 0 Å². The van der Waals surface area contributed by atoms with Gasteiger partial charge in [0.15, 0.2) is 17.1 Å². The Kier molecular flexibility index (Phi) is 7.87. The molecule has 4 rings (SSSR count). The minimum absolute atomic E-state index is 0.156. The van der Waals surface area contributed by atoms with E-state index in [2.05, 4.69) is 15.4 Å². The highest BCUT2D eigenvalue weighted by Crippen LogP contribution is 2.38. The third kappa shape index (κ3) is 5.64. The minimum atomic E-state index is -0.279. The van der Waals surface area contributed by atoms with Gasteiger partial charge in [0.25, 0.3) is 5.56 Å². The van der Waals surface area contributed by atoms with Crippen molar-refractivity contribution >= 4 is 23.0 Å². The summed E-state index contributed by atoms with van der Waals surface area (Å²) >= 11 is 0. The summed E-state index contributed by atoms with van der Waals surface area (Å²) in [6.45, 7) is 3.12. The first-order valence-electron chi connectivity index (χ1n) is 11.7. The van der Waals surface area contributed by atoms with Crippen LogP contribution >= 0.6 is 0 Å². The van der Waals surface area contributed by atoms with Gasteiger partial charge in [-0.15, -0.1) is 0 Å². The third-order valence-electron chi connectivity index (χ3n) is 5.96. The van der Waals surface area contributed by atoms with Crippen molar-refractivity contribution in [3.63, 3.8) is 0 Å². The summed E-state index contributed by atoms with van der Waals surface area (Å²) in [6, 6.07) is 11.4. The lowest BCUT2D eigenvalue weighted by Crippen LogP contribution is -2.26. The van der Waals surface area contributed by atoms with Gasteiger partial charge in [-0.2, -0.15) is 5.10 Å². The number of hydrogen-bond acceptors (Lipinski definition) is 7. The zero-order valence-corrected chi connectivity index (χ0v) is 21.2. The molecule has 1 amide bonds. The monoisotopic (exact) mass is 503 g/mol. The smallest absolute Gasteiger partial charge is 0.264 e. The number of aryl methyl sites for hydroxylation is 1. The summed E-state index contributed by atoms with van der Waals surface area (Å²) in [6.07, 6.45) is 6.13. The number of benzene rings is 2. The van der Waals surface area contributed by atoms with E-state index in [1.54, 1.807) is 27.5 Å². The fraction of sp³-hybridized carbons (Fsp3) is 0.259. The maximum atomic E-state index is 13.0. The van der Waals surface area contributed by atoms with E-state index >= 15 is 0 Å². The van der Waals surface area contributed by atoms with Gasteiger partial charge in [0.05, 0.1) is 40.6 Å². The molecule has 37 heavy (non-hydrogen) atoms. The van der Waals surface area contributed by atoms with E-state index in [9.17, 15) is 9.59 Å². The molecule has 2 aromatic carbocycles. The summed E-state index contributed by atoms with van der Waals surface area (Å²) in [4.78, 5) is 29.8. The Labute approximate surface area is 214 Å². The highest BCUT2D eigenvalue weighted by atomic mass is 16.5. The average molecular weight is 504 g/mol. The van der Waals surface area contributed by atoms with Gasteiger partial charge in [0, 0.05) is 12.6 Å². The third-order valence-corrected chi connectivity index (χ3v) is 5.96. The zero-order chi connectivity index (χ0) is 26.4. The Morgan fingerprint density at radius 1 is 1.08 bits per heavy atom. The van der Waals surface area contributed by atoms with Crippen LogP contribution in [0.25, 0.3) is 17.1 Å². The molecule has 4 aromatic rings. The number of rotatable bonds is 10. The molecule has 2 heterocycles. The zero-order valence-electron chi connectivity index (χ0n) is 21.2. The highest BCUT2D eigenvalue weighted by Gasteiger charge is 2.13. The van der Waals surface area contributed by atoms with Gasteiger partial charge in [0.1, 0.15) is 11.7 Å². The lowest BCUT2D eigenvalue weighted by molar-refractivity contribution is -0.116. The number of amides is 1. The van der Waals surface area contributed by atoms with Gasteiger partial charge in [-0.1, -0.05) is 24.3 Å². The van der Waals surface area contributed by atoms with Gasteiger partial charge in [0.2, 0.25) is 11.7 Å². The lowest BCUT2D eigenvalue weighted by Gasteiger charge is -2.12. The van der Waals surface area contributed by atoms with Gasteiger partial charge >= 0.3 is 0 Å². The van der Waals surface area contributed by atoms with Crippen molar-refractivity contribution in [2.24, 2.45) is 0 Å². The van der Waals surface area contributed by atoms with Crippen molar-refractivity contribution in [2.45, 2.75) is 20.0 Å². The largest absolute Gasteiger partial charge is 0.493 e. The SMILES string of the molecule is COc1cc(/C=C\C(=O)NCCn2ncc3c(=O)n(Cc4ccccc4C)cnc32)cc(OC)c1OC. The molecule has 0 radical (unpaired) electrons. The molecule has 0 atom stereocenters. The molecular weight excluding hydrogens is 474 g/mol. The van der Waals surface area contributed by atoms with Gasteiger partial charge < -0.3 is 19.5 Å². The molecular formula is C27H29N5O5. The van der Waals surface area contributed by atoms with Crippen LogP contribution in [0.3, 0.4) is 0 Å². The van der Waals surface area contributed by atoms with Crippen LogP contribution < -0.4 is 25.1 Å². The van der Waals surface area contributed by atoms with E-state index in [4.69, 9.17) is 14.2 Å². The number of fused-ring (bicyclic) bond motifs is 1. The summed E-state index contributed by atoms with van der Waals surface area (Å²) in [5.74, 6) is 1.20. The molecule has 0 saturated carbocycles. The predicted octanol–water partition coefficient (Wildman–Crippen LogP) is 2.81. The van der Waals surface area contributed by atoms with Crippen LogP contribution in [-0.4, -0.2) is 53.1 Å². The Balaban J connectivity index is 1.39. The number of methoxy groups -OCH3 is 3. The predicted molar refractivity (Wildman–Crippen MR) is 140 cm³/mol. The average Bonchev–Trinajstić information content (AvgIpc) is 3.33. The number of nitrogens with one attached hydrogen (secondary N) is 1. The Morgan fingerprint density at radius 3 is 2.49 bits per heavy atom. The number of nitrogens with zero attached hydrogens (tertiary/aromatic N) is 4. The molecule has 192 valence electrons. The second kappa shape index (κ2) is 11.4. The van der Waals surface area contributed by atoms with Crippen LogP contribution in [0.2, 0.25) is 0 Å². The topological polar surface area (TPSA) is 110 Å². The van der Waals surface area contributed by atoms with Crippen molar-refractivity contribution in [3.8, 4) is 17.2 Å². The minimum Gasteiger partial charge on any atom is -0.493 e. The molecule has 0 bridgehead atoms. The van der Waals surface area contributed by atoms with Crippen LogP contribution in [-0.2, 0) is 17.9 Å². The maximum absolute atomic E-state index is 13.0. The summed E-state index contributed by atoms with van der Waals surface area (Å²) in [5.41, 5.74) is 3.21. The molecule has 0 fully saturated rings. The quantitative estimate of drug-likeness (QED) is 0.332. The first kappa shape index (κ1) is 25.5. The first-order chi connectivity index (χ1) is 17.9. The standard InChI is InChI=1S/C27H29N5O5/c1-18-7-5-6-8-20(18)16-31-17-29-26-21(27(31)34)15-30-32(26)12-11-28-24(33)10-9-19-13-22(35-2)25(37-4)23(14-19)36-3/h5-10,13-15,17H,11-12,16H2,1-4H3,(H,28,33)/b10-9-. The van der Waals surface area contributed by atoms with Crippen molar-refractivity contribution in [1.29, 1.82) is 0 Å². The van der Waals surface area contributed by atoms with E-state index in [1.165, 1.54) is 39.9 Å². The molecule has 0 aliphatic rings. The fourth-order valence-electron chi connectivity index (χ4n) is 3.96. The Bertz CT molecular complexity index is 1480. The van der Waals surface area contributed by atoms with Crippen LogP contribution in [0.15, 0.2) is 59.8 Å². The van der Waals surface area contributed by atoms with Crippen LogP contribution in [0, 0.1) is 6.92 Å². The molecule has 10 nitrogen and oxygen atoms in total. The molecule has 0 saturated heterocycles. The second-order valence-electron chi connectivity index (χ2n) is 8.29. The van der Waals surface area contributed by atoms with E-state index in [1.807, 2.05) is 31.2 Å². The number of ether oxygens (including phenoxy) is 3. The Hall–Kier alpha value is -4.60. The molecule has 0 spiro atoms. The second-order valence-corrected chi connectivity index (χ2v) is 8.29. The van der Waals surface area contributed by atoms with Gasteiger partial charge in [-0.25, -0.2) is 9.67 Å². The lowest BCUT2D eigenvalue weighted by atomic mass is 10.1. The van der Waals surface area contributed by atoms with Crippen molar-refractivity contribution in [2.75, 3.05) is 27.9 Å². The van der Waals surface area contributed by atoms with Crippen molar-refractivity contribution in [1.82, 2.24) is 24.6 Å². The number of carbonyl (C=O) groups is 1. The summed E-state index contributed by atoms with van der Waals surface area (Å²) < 4.78 is 19.2. The number of hydrogen-bond donors (Lipinski definition) is 1. The van der Waals surface area contributed by atoms with Crippen LogP contribution in [0.4, 0.5) is 0 Å². The normalized spacial score (nSPS) is 11.1. The Morgan fingerprint density at radius 2 is 1.81 bits per heavy atom. The molecule has 10 heteroatoms. The van der Waals surface area contributed by atoms with Gasteiger partial charge in [-0.05, 0) is 41.8 Å². The van der Waals surface area contributed by atoms with E-state index in [0.717, 1.165) is 11.1 Å². The molecule has 1 N–H and O–H groups in total. The van der Waals surface area contributed by atoms with E-state index in [-0.39, 0.29) is 11.5 Å². The fourth-order valence-corrected chi connectivity index (χ4v) is 3.96. The van der Waals surface area contributed by atoms with Crippen molar-refractivity contribution < 1.29 is 19.0 Å². The molecule has 0 aliphatic heterocycles. The summed E-state index contributed by atoms with van der Waals surface area (Å²) in [7, 11) is 4.60. The van der Waals surface area contributed by atoms with Crippen LogP contribution in [0.5, 0.6) is 17.2 Å². The van der Waals surface area contributed by atoms with E-state index in [0.29, 0.717) is 53.5 Å². The van der Waals surface area contributed by atoms with Crippen molar-refractivity contribution in [3.05, 3.63) is 82.0 Å². The summed E-state index contributed by atoms with van der Waals surface area (Å²) in [5, 5.41) is 7.55. The first-order valence-corrected chi connectivity index (χ1v) is 11.7.